The van der Waals surface area contributed by atoms with Gasteiger partial charge in [0.1, 0.15) is 30.3 Å². The van der Waals surface area contributed by atoms with Crippen molar-refractivity contribution in [3.63, 3.8) is 0 Å². The number of ether oxygens (including phenoxy) is 1. The van der Waals surface area contributed by atoms with Crippen LogP contribution in [-0.2, 0) is 11.3 Å². The number of nitrogens with zero attached hydrogens (tertiary/aromatic N) is 5. The number of aromatic nitrogens is 5. The van der Waals surface area contributed by atoms with E-state index in [4.69, 9.17) is 4.74 Å². The summed E-state index contributed by atoms with van der Waals surface area (Å²) >= 11 is 0. The summed E-state index contributed by atoms with van der Waals surface area (Å²) in [5, 5.41) is 10.1. The number of fused-ring (bicyclic) bond motifs is 1. The van der Waals surface area contributed by atoms with E-state index in [0.29, 0.717) is 17.5 Å². The molecule has 0 aliphatic carbocycles. The molecule has 2 aromatic heterocycles. The van der Waals surface area contributed by atoms with Crippen LogP contribution in [-0.4, -0.2) is 37.6 Å². The van der Waals surface area contributed by atoms with Crippen molar-refractivity contribution < 1.29 is 18.3 Å². The highest BCUT2D eigenvalue weighted by Gasteiger charge is 2.15. The summed E-state index contributed by atoms with van der Waals surface area (Å²) in [5.41, 5.74) is 0.0105. The van der Waals surface area contributed by atoms with Gasteiger partial charge in [-0.05, 0) is 36.4 Å². The van der Waals surface area contributed by atoms with Crippen molar-refractivity contribution in [1.82, 2.24) is 24.5 Å². The monoisotopic (exact) mass is 412 g/mol. The van der Waals surface area contributed by atoms with Crippen LogP contribution in [0.2, 0.25) is 0 Å². The standard InChI is InChI=1S/C19H14F2N6O3/c1-30-13-5-3-12(4-6-13)27-18-17(24-25-27)19(29)26(10-22-18)9-16(28)23-15-7-2-11(20)8-14(15)21/h2-8,10H,9H2,1H3,(H,23,28). The summed E-state index contributed by atoms with van der Waals surface area (Å²) in [5.74, 6) is -1.73. The van der Waals surface area contributed by atoms with Gasteiger partial charge in [0, 0.05) is 6.07 Å². The molecule has 1 amide bonds. The molecule has 2 aromatic carbocycles. The first-order valence-corrected chi connectivity index (χ1v) is 8.66. The van der Waals surface area contributed by atoms with Gasteiger partial charge >= 0.3 is 0 Å². The van der Waals surface area contributed by atoms with Gasteiger partial charge in [-0.25, -0.2) is 13.8 Å². The van der Waals surface area contributed by atoms with Crippen molar-refractivity contribution in [1.29, 1.82) is 0 Å². The molecule has 152 valence electrons. The quantitative estimate of drug-likeness (QED) is 0.537. The second kappa shape index (κ2) is 7.70. The number of nitrogens with one attached hydrogen (secondary N) is 1. The molecular weight excluding hydrogens is 398 g/mol. The number of hydrogen-bond donors (Lipinski definition) is 1. The molecule has 1 N–H and O–H groups in total. The van der Waals surface area contributed by atoms with Crippen molar-refractivity contribution in [2.75, 3.05) is 12.4 Å². The normalized spacial score (nSPS) is 10.9. The van der Waals surface area contributed by atoms with Gasteiger partial charge in [-0.3, -0.25) is 14.2 Å². The van der Waals surface area contributed by atoms with Crippen LogP contribution in [0.15, 0.2) is 53.6 Å². The van der Waals surface area contributed by atoms with Crippen LogP contribution >= 0.6 is 0 Å². The zero-order valence-electron chi connectivity index (χ0n) is 15.5. The zero-order valence-corrected chi connectivity index (χ0v) is 15.5. The lowest BCUT2D eigenvalue weighted by Crippen LogP contribution is -2.28. The maximum atomic E-state index is 13.7. The Balaban J connectivity index is 1.59. The van der Waals surface area contributed by atoms with E-state index < -0.39 is 29.6 Å². The fraction of sp³-hybridized carbons (Fsp3) is 0.105. The molecule has 0 spiro atoms. The van der Waals surface area contributed by atoms with Crippen LogP contribution in [0.1, 0.15) is 0 Å². The van der Waals surface area contributed by atoms with Crippen molar-refractivity contribution in [3.8, 4) is 11.4 Å². The Labute approximate surface area is 167 Å². The van der Waals surface area contributed by atoms with Crippen LogP contribution in [0, 0.1) is 11.6 Å². The summed E-state index contributed by atoms with van der Waals surface area (Å²) in [4.78, 5) is 29.0. The van der Waals surface area contributed by atoms with E-state index >= 15 is 0 Å². The summed E-state index contributed by atoms with van der Waals surface area (Å²) in [6.45, 7) is -0.437. The highest BCUT2D eigenvalue weighted by molar-refractivity contribution is 5.90. The molecule has 0 atom stereocenters. The van der Waals surface area contributed by atoms with Gasteiger partial charge in [0.15, 0.2) is 11.2 Å². The minimum absolute atomic E-state index is 0.0333. The molecule has 0 fully saturated rings. The predicted octanol–water partition coefficient (Wildman–Crippen LogP) is 1.90. The molecule has 0 radical (unpaired) electrons. The largest absolute Gasteiger partial charge is 0.497 e. The van der Waals surface area contributed by atoms with E-state index in [9.17, 15) is 18.4 Å². The number of carbonyl (C=O) groups excluding carboxylic acids is 1. The highest BCUT2D eigenvalue weighted by atomic mass is 19.1. The summed E-state index contributed by atoms with van der Waals surface area (Å²) in [6, 6.07) is 9.65. The lowest BCUT2D eigenvalue weighted by Gasteiger charge is -2.08. The molecule has 0 unspecified atom stereocenters. The maximum absolute atomic E-state index is 13.7. The van der Waals surface area contributed by atoms with Gasteiger partial charge in [0.05, 0.1) is 18.5 Å². The summed E-state index contributed by atoms with van der Waals surface area (Å²) < 4.78 is 34.2. The smallest absolute Gasteiger partial charge is 0.284 e. The number of anilines is 1. The number of carbonyl (C=O) groups is 1. The number of amides is 1. The molecule has 0 aliphatic heterocycles. The molecule has 0 saturated carbocycles. The van der Waals surface area contributed by atoms with Crippen molar-refractivity contribution >= 4 is 22.8 Å². The Morgan fingerprint density at radius 1 is 1.17 bits per heavy atom. The van der Waals surface area contributed by atoms with E-state index in [1.807, 2.05) is 0 Å². The molecule has 0 aliphatic rings. The number of halogens is 2. The van der Waals surface area contributed by atoms with E-state index in [0.717, 1.165) is 16.7 Å². The van der Waals surface area contributed by atoms with Gasteiger partial charge in [0.25, 0.3) is 5.56 Å². The molecule has 30 heavy (non-hydrogen) atoms. The fourth-order valence-corrected chi connectivity index (χ4v) is 2.79. The molecule has 9 nitrogen and oxygen atoms in total. The maximum Gasteiger partial charge on any atom is 0.284 e. The van der Waals surface area contributed by atoms with E-state index in [1.54, 1.807) is 31.4 Å². The lowest BCUT2D eigenvalue weighted by molar-refractivity contribution is -0.116. The third-order valence-corrected chi connectivity index (χ3v) is 4.27. The second-order valence-corrected chi connectivity index (χ2v) is 6.22. The molecule has 2 heterocycles. The Bertz CT molecular complexity index is 1300. The predicted molar refractivity (Wildman–Crippen MR) is 102 cm³/mol. The first kappa shape index (κ1) is 19.2. The third kappa shape index (κ3) is 3.60. The lowest BCUT2D eigenvalue weighted by atomic mass is 10.3. The van der Waals surface area contributed by atoms with Gasteiger partial charge in [-0.2, -0.15) is 4.68 Å². The molecule has 0 saturated heterocycles. The van der Waals surface area contributed by atoms with E-state index in [1.165, 1.54) is 11.0 Å². The van der Waals surface area contributed by atoms with Crippen LogP contribution < -0.4 is 15.6 Å². The summed E-state index contributed by atoms with van der Waals surface area (Å²) in [7, 11) is 1.55. The van der Waals surface area contributed by atoms with Gasteiger partial charge in [0.2, 0.25) is 5.91 Å². The average molecular weight is 412 g/mol. The molecule has 4 aromatic rings. The van der Waals surface area contributed by atoms with Crippen LogP contribution in [0.3, 0.4) is 0 Å². The van der Waals surface area contributed by atoms with E-state index in [2.05, 4.69) is 20.6 Å². The van der Waals surface area contributed by atoms with E-state index in [-0.39, 0.29) is 16.9 Å². The van der Waals surface area contributed by atoms with Crippen LogP contribution in [0.4, 0.5) is 14.5 Å². The van der Waals surface area contributed by atoms with Gasteiger partial charge in [-0.15, -0.1) is 5.10 Å². The number of methoxy groups -OCH3 is 1. The molecule has 4 rings (SSSR count). The minimum atomic E-state index is -0.924. The Kier molecular flexibility index (Phi) is 4.92. The van der Waals surface area contributed by atoms with Gasteiger partial charge < -0.3 is 10.1 Å². The second-order valence-electron chi connectivity index (χ2n) is 6.22. The number of rotatable bonds is 5. The number of hydrogen-bond acceptors (Lipinski definition) is 6. The van der Waals surface area contributed by atoms with Crippen molar-refractivity contribution in [2.24, 2.45) is 0 Å². The third-order valence-electron chi connectivity index (χ3n) is 4.27. The number of benzene rings is 2. The minimum Gasteiger partial charge on any atom is -0.497 e. The Hall–Kier alpha value is -4.15. The fourth-order valence-electron chi connectivity index (χ4n) is 2.79. The molecule has 11 heteroatoms. The van der Waals surface area contributed by atoms with Gasteiger partial charge in [-0.1, -0.05) is 5.21 Å². The first-order valence-electron chi connectivity index (χ1n) is 8.66. The Morgan fingerprint density at radius 3 is 2.63 bits per heavy atom. The Morgan fingerprint density at radius 2 is 1.93 bits per heavy atom. The zero-order chi connectivity index (χ0) is 21.3. The highest BCUT2D eigenvalue weighted by Crippen LogP contribution is 2.17. The molecular formula is C19H14F2N6O3. The van der Waals surface area contributed by atoms with Crippen molar-refractivity contribution in [3.05, 3.63) is 70.8 Å². The van der Waals surface area contributed by atoms with Crippen LogP contribution in [0.25, 0.3) is 16.9 Å². The average Bonchev–Trinajstić information content (AvgIpc) is 3.17. The summed E-state index contributed by atoms with van der Waals surface area (Å²) in [6.07, 6.45) is 1.18. The first-order chi connectivity index (χ1) is 14.5. The molecule has 0 bridgehead atoms. The van der Waals surface area contributed by atoms with Crippen LogP contribution in [0.5, 0.6) is 5.75 Å². The van der Waals surface area contributed by atoms with Crippen molar-refractivity contribution in [2.45, 2.75) is 6.54 Å². The SMILES string of the molecule is COc1ccc(-n2nnc3c(=O)n(CC(=O)Nc4ccc(F)cc4F)cnc32)cc1. The topological polar surface area (TPSA) is 104 Å².